The second kappa shape index (κ2) is 5.37. The van der Waals surface area contributed by atoms with Gasteiger partial charge in [-0.1, -0.05) is 29.8 Å². The van der Waals surface area contributed by atoms with Crippen molar-refractivity contribution < 1.29 is 8.78 Å². The van der Waals surface area contributed by atoms with E-state index in [0.717, 1.165) is 28.1 Å². The average molecular weight is 296 g/mol. The Hall–Kier alpha value is -3.07. The molecule has 0 bridgehead atoms. The van der Waals surface area contributed by atoms with Gasteiger partial charge < -0.3 is 0 Å². The molecule has 1 aromatic heterocycles. The van der Waals surface area contributed by atoms with E-state index in [9.17, 15) is 14.0 Å². The fraction of sp³-hybridized carbons (Fsp3) is 0.0625. The van der Waals surface area contributed by atoms with Crippen LogP contribution in [0.5, 0.6) is 0 Å². The van der Waals surface area contributed by atoms with Crippen molar-refractivity contribution in [2.24, 2.45) is 0 Å². The monoisotopic (exact) mass is 296 g/mol. The number of hydrogen-bond acceptors (Lipinski definition) is 3. The topological polar surface area (TPSA) is 54.5 Å². The lowest BCUT2D eigenvalue weighted by Gasteiger charge is -1.98. The van der Waals surface area contributed by atoms with Crippen molar-refractivity contribution in [3.8, 4) is 6.07 Å². The Balaban J connectivity index is 2.07. The summed E-state index contributed by atoms with van der Waals surface area (Å²) in [4.78, 5) is 1.07. The number of fused-ring (bicyclic) bond motifs is 1. The Kier molecular flexibility index (Phi) is 3.39. The number of aryl methyl sites for hydroxylation is 1. The summed E-state index contributed by atoms with van der Waals surface area (Å²) >= 11 is 0. The lowest BCUT2D eigenvalue weighted by atomic mass is 10.1. The normalized spacial score (nSPS) is 11.6. The summed E-state index contributed by atoms with van der Waals surface area (Å²) in [5, 5.41) is 17.3. The van der Waals surface area contributed by atoms with E-state index in [0.29, 0.717) is 0 Å². The van der Waals surface area contributed by atoms with E-state index in [4.69, 9.17) is 0 Å². The summed E-state index contributed by atoms with van der Waals surface area (Å²) in [5.74, 6) is -2.00. The number of allylic oxidation sites excluding steroid dienone is 1. The molecule has 0 fully saturated rings. The maximum atomic E-state index is 13.2. The summed E-state index contributed by atoms with van der Waals surface area (Å²) in [6.45, 7) is 1.96. The standard InChI is InChI=1S/C16H10F2N4/c1-10-2-4-11(5-3-10)6-12(9-19)22-20-15-7-13(17)14(18)8-16(15)21-22/h2-8H,1H3/b12-6+. The van der Waals surface area contributed by atoms with Crippen LogP contribution >= 0.6 is 0 Å². The van der Waals surface area contributed by atoms with Crippen molar-refractivity contribution in [1.82, 2.24) is 15.0 Å². The highest BCUT2D eigenvalue weighted by Gasteiger charge is 2.11. The lowest BCUT2D eigenvalue weighted by Crippen LogP contribution is -1.99. The van der Waals surface area contributed by atoms with Crippen molar-refractivity contribution in [3.05, 3.63) is 59.2 Å². The van der Waals surface area contributed by atoms with Gasteiger partial charge in [0, 0.05) is 12.1 Å². The Morgan fingerprint density at radius 3 is 2.14 bits per heavy atom. The minimum Gasteiger partial charge on any atom is -0.204 e. The molecule has 0 aliphatic carbocycles. The average Bonchev–Trinajstić information content (AvgIpc) is 2.89. The Labute approximate surface area is 124 Å². The molecule has 0 radical (unpaired) electrons. The molecule has 0 N–H and O–H groups in total. The van der Waals surface area contributed by atoms with Gasteiger partial charge in [0.15, 0.2) is 17.3 Å². The van der Waals surface area contributed by atoms with Crippen LogP contribution in [0.2, 0.25) is 0 Å². The van der Waals surface area contributed by atoms with Crippen LogP contribution in [0.4, 0.5) is 8.78 Å². The molecule has 22 heavy (non-hydrogen) atoms. The number of nitrogens with zero attached hydrogens (tertiary/aromatic N) is 4. The molecule has 2 aromatic carbocycles. The second-order valence-electron chi connectivity index (χ2n) is 4.80. The Bertz CT molecular complexity index is 879. The van der Waals surface area contributed by atoms with Crippen LogP contribution in [0, 0.1) is 29.9 Å². The van der Waals surface area contributed by atoms with Gasteiger partial charge in [-0.25, -0.2) is 8.78 Å². The van der Waals surface area contributed by atoms with E-state index in [1.165, 1.54) is 0 Å². The van der Waals surface area contributed by atoms with Gasteiger partial charge in [0.1, 0.15) is 17.1 Å². The molecule has 1 heterocycles. The number of aromatic nitrogens is 3. The predicted molar refractivity (Wildman–Crippen MR) is 78.4 cm³/mol. The molecule has 0 aliphatic rings. The molecular weight excluding hydrogens is 286 g/mol. The van der Waals surface area contributed by atoms with E-state index in [2.05, 4.69) is 10.2 Å². The maximum absolute atomic E-state index is 13.2. The molecule has 3 rings (SSSR count). The third-order valence-electron chi connectivity index (χ3n) is 3.13. The van der Waals surface area contributed by atoms with Crippen molar-refractivity contribution in [3.63, 3.8) is 0 Å². The third kappa shape index (κ3) is 2.56. The number of hydrogen-bond donors (Lipinski definition) is 0. The first-order valence-corrected chi connectivity index (χ1v) is 6.48. The first-order valence-electron chi connectivity index (χ1n) is 6.48. The zero-order valence-corrected chi connectivity index (χ0v) is 11.6. The van der Waals surface area contributed by atoms with Gasteiger partial charge in [-0.15, -0.1) is 15.0 Å². The van der Waals surface area contributed by atoms with Crippen LogP contribution in [0.25, 0.3) is 22.8 Å². The Morgan fingerprint density at radius 2 is 1.64 bits per heavy atom. The fourth-order valence-electron chi connectivity index (χ4n) is 1.98. The number of benzene rings is 2. The quantitative estimate of drug-likeness (QED) is 0.680. The molecule has 0 saturated heterocycles. The zero-order chi connectivity index (χ0) is 15.7. The molecule has 0 aliphatic heterocycles. The molecule has 0 unspecified atom stereocenters. The molecule has 6 heteroatoms. The van der Waals surface area contributed by atoms with Crippen LogP contribution in [0.15, 0.2) is 36.4 Å². The van der Waals surface area contributed by atoms with Crippen LogP contribution in [-0.2, 0) is 0 Å². The molecule has 0 atom stereocenters. The van der Waals surface area contributed by atoms with Crippen molar-refractivity contribution in [1.29, 1.82) is 5.26 Å². The Morgan fingerprint density at radius 1 is 1.09 bits per heavy atom. The predicted octanol–water partition coefficient (Wildman–Crippen LogP) is 3.54. The summed E-state index contributed by atoms with van der Waals surface area (Å²) in [6.07, 6.45) is 1.60. The number of rotatable bonds is 2. The largest absolute Gasteiger partial charge is 0.204 e. The second-order valence-corrected chi connectivity index (χ2v) is 4.80. The van der Waals surface area contributed by atoms with Crippen LogP contribution in [-0.4, -0.2) is 15.0 Å². The molecule has 0 amide bonds. The van der Waals surface area contributed by atoms with Gasteiger partial charge in [0.05, 0.1) is 0 Å². The van der Waals surface area contributed by atoms with E-state index < -0.39 is 11.6 Å². The summed E-state index contributed by atoms with van der Waals surface area (Å²) < 4.78 is 26.4. The van der Waals surface area contributed by atoms with Crippen molar-refractivity contribution in [2.45, 2.75) is 6.92 Å². The molecule has 4 nitrogen and oxygen atoms in total. The summed E-state index contributed by atoms with van der Waals surface area (Å²) in [7, 11) is 0. The maximum Gasteiger partial charge on any atom is 0.163 e. The van der Waals surface area contributed by atoms with Crippen molar-refractivity contribution in [2.75, 3.05) is 0 Å². The summed E-state index contributed by atoms with van der Waals surface area (Å²) in [6, 6.07) is 11.4. The first-order chi connectivity index (χ1) is 10.6. The smallest absolute Gasteiger partial charge is 0.163 e. The van der Waals surface area contributed by atoms with Gasteiger partial charge in [-0.05, 0) is 18.6 Å². The van der Waals surface area contributed by atoms with E-state index in [-0.39, 0.29) is 16.7 Å². The number of nitriles is 1. The summed E-state index contributed by atoms with van der Waals surface area (Å²) in [5.41, 5.74) is 2.43. The van der Waals surface area contributed by atoms with Gasteiger partial charge in [0.2, 0.25) is 0 Å². The minimum absolute atomic E-state index is 0.154. The fourth-order valence-corrected chi connectivity index (χ4v) is 1.98. The zero-order valence-electron chi connectivity index (χ0n) is 11.6. The number of halogens is 2. The van der Waals surface area contributed by atoms with Gasteiger partial charge in [-0.2, -0.15) is 5.26 Å². The van der Waals surface area contributed by atoms with Gasteiger partial charge in [0.25, 0.3) is 0 Å². The van der Waals surface area contributed by atoms with Crippen LogP contribution in [0.1, 0.15) is 11.1 Å². The first kappa shape index (κ1) is 13.9. The van der Waals surface area contributed by atoms with Crippen LogP contribution < -0.4 is 0 Å². The van der Waals surface area contributed by atoms with E-state index in [1.54, 1.807) is 6.08 Å². The van der Waals surface area contributed by atoms with Gasteiger partial charge >= 0.3 is 0 Å². The highest BCUT2D eigenvalue weighted by molar-refractivity contribution is 5.81. The highest BCUT2D eigenvalue weighted by Crippen LogP contribution is 2.17. The van der Waals surface area contributed by atoms with Gasteiger partial charge in [-0.3, -0.25) is 0 Å². The molecule has 0 saturated carbocycles. The molecular formula is C16H10F2N4. The van der Waals surface area contributed by atoms with Crippen molar-refractivity contribution >= 4 is 22.8 Å². The molecule has 0 spiro atoms. The van der Waals surface area contributed by atoms with Crippen LogP contribution in [0.3, 0.4) is 0 Å². The highest BCUT2D eigenvalue weighted by atomic mass is 19.2. The van der Waals surface area contributed by atoms with E-state index >= 15 is 0 Å². The van der Waals surface area contributed by atoms with E-state index in [1.807, 2.05) is 37.3 Å². The molecule has 108 valence electrons. The SMILES string of the molecule is Cc1ccc(/C=C(\C#N)n2nc3cc(F)c(F)cc3n2)cc1. The molecule has 3 aromatic rings. The lowest BCUT2D eigenvalue weighted by molar-refractivity contribution is 0.510. The third-order valence-corrected chi connectivity index (χ3v) is 3.13. The minimum atomic E-state index is -0.999.